The SMILES string of the molecule is Cc1cc(C)n(C(=O)c2ccc(C(=O)n3nc(C)cc3C)nc2)n1. The Morgan fingerprint density at radius 3 is 1.79 bits per heavy atom. The van der Waals surface area contributed by atoms with E-state index in [1.165, 1.54) is 21.6 Å². The van der Waals surface area contributed by atoms with E-state index in [9.17, 15) is 9.59 Å². The highest BCUT2D eigenvalue weighted by Gasteiger charge is 2.17. The van der Waals surface area contributed by atoms with Gasteiger partial charge in [-0.15, -0.1) is 0 Å². The summed E-state index contributed by atoms with van der Waals surface area (Å²) in [4.78, 5) is 29.0. The molecule has 0 radical (unpaired) electrons. The van der Waals surface area contributed by atoms with E-state index >= 15 is 0 Å². The van der Waals surface area contributed by atoms with Crippen molar-refractivity contribution in [2.45, 2.75) is 27.7 Å². The summed E-state index contributed by atoms with van der Waals surface area (Å²) in [6.07, 6.45) is 1.39. The van der Waals surface area contributed by atoms with Gasteiger partial charge in [0.15, 0.2) is 0 Å². The molecule has 3 rings (SSSR count). The number of carbonyl (C=O) groups excluding carboxylic acids is 2. The van der Waals surface area contributed by atoms with Gasteiger partial charge in [0.05, 0.1) is 17.0 Å². The third-order valence-electron chi connectivity index (χ3n) is 3.63. The lowest BCUT2D eigenvalue weighted by atomic mass is 10.2. The number of rotatable bonds is 2. The van der Waals surface area contributed by atoms with Gasteiger partial charge in [-0.25, -0.2) is 4.68 Å². The Morgan fingerprint density at radius 1 is 0.833 bits per heavy atom. The summed E-state index contributed by atoms with van der Waals surface area (Å²) in [6, 6.07) is 6.74. The third-order valence-corrected chi connectivity index (χ3v) is 3.63. The second-order valence-electron chi connectivity index (χ2n) is 5.72. The smallest absolute Gasteiger partial charge is 0.267 e. The first-order valence-corrected chi connectivity index (χ1v) is 7.49. The predicted molar refractivity (Wildman–Crippen MR) is 87.1 cm³/mol. The first-order valence-electron chi connectivity index (χ1n) is 7.49. The van der Waals surface area contributed by atoms with Crippen molar-refractivity contribution in [2.24, 2.45) is 0 Å². The van der Waals surface area contributed by atoms with Crippen LogP contribution in [-0.4, -0.2) is 36.4 Å². The standard InChI is InChI=1S/C17H17N5O2/c1-10-7-12(3)21(19-10)16(23)14-5-6-15(18-9-14)17(24)22-13(4)8-11(2)20-22/h5-9H,1-4H3. The van der Waals surface area contributed by atoms with E-state index in [0.717, 1.165) is 22.8 Å². The average Bonchev–Trinajstić information content (AvgIpc) is 3.07. The van der Waals surface area contributed by atoms with Gasteiger partial charge in [0.2, 0.25) is 0 Å². The second kappa shape index (κ2) is 5.84. The molecule has 0 aliphatic heterocycles. The maximum atomic E-state index is 12.4. The van der Waals surface area contributed by atoms with Gasteiger partial charge in [0.1, 0.15) is 5.69 Å². The zero-order chi connectivity index (χ0) is 17.4. The van der Waals surface area contributed by atoms with E-state index < -0.39 is 0 Å². The molecule has 0 spiro atoms. The van der Waals surface area contributed by atoms with E-state index in [1.54, 1.807) is 13.0 Å². The molecule has 7 heteroatoms. The van der Waals surface area contributed by atoms with Crippen molar-refractivity contribution >= 4 is 11.8 Å². The molecule has 3 aromatic heterocycles. The number of hydrogen-bond donors (Lipinski definition) is 0. The molecule has 0 aliphatic carbocycles. The topological polar surface area (TPSA) is 82.7 Å². The number of hydrogen-bond acceptors (Lipinski definition) is 5. The van der Waals surface area contributed by atoms with Crippen LogP contribution >= 0.6 is 0 Å². The first-order chi connectivity index (χ1) is 11.4. The van der Waals surface area contributed by atoms with E-state index in [0.29, 0.717) is 5.56 Å². The van der Waals surface area contributed by atoms with E-state index in [2.05, 4.69) is 15.2 Å². The number of carbonyl (C=O) groups is 2. The van der Waals surface area contributed by atoms with Gasteiger partial charge >= 0.3 is 0 Å². The quantitative estimate of drug-likeness (QED) is 0.721. The van der Waals surface area contributed by atoms with Crippen LogP contribution in [0.1, 0.15) is 43.6 Å². The van der Waals surface area contributed by atoms with Crippen LogP contribution in [0.4, 0.5) is 0 Å². The summed E-state index contributed by atoms with van der Waals surface area (Å²) < 4.78 is 2.63. The minimum absolute atomic E-state index is 0.228. The molecule has 0 N–H and O–H groups in total. The average molecular weight is 323 g/mol. The molecule has 0 aromatic carbocycles. The van der Waals surface area contributed by atoms with Gasteiger partial charge in [-0.3, -0.25) is 14.6 Å². The Balaban J connectivity index is 1.88. The largest absolute Gasteiger partial charge is 0.296 e. The van der Waals surface area contributed by atoms with E-state index in [4.69, 9.17) is 0 Å². The first kappa shape index (κ1) is 15.8. The third kappa shape index (κ3) is 2.76. The van der Waals surface area contributed by atoms with Gasteiger partial charge in [-0.1, -0.05) is 0 Å². The molecular weight excluding hydrogens is 306 g/mol. The normalized spacial score (nSPS) is 10.8. The van der Waals surface area contributed by atoms with Gasteiger partial charge in [0.25, 0.3) is 11.8 Å². The Labute approximate surface area is 138 Å². The summed E-state index contributed by atoms with van der Waals surface area (Å²) in [5.74, 6) is -0.607. The molecule has 0 unspecified atom stereocenters. The van der Waals surface area contributed by atoms with Crippen molar-refractivity contribution in [3.05, 3.63) is 64.5 Å². The molecule has 7 nitrogen and oxygen atoms in total. The van der Waals surface area contributed by atoms with Gasteiger partial charge in [-0.05, 0) is 52.0 Å². The maximum absolute atomic E-state index is 12.4. The molecule has 0 aliphatic rings. The lowest BCUT2D eigenvalue weighted by Gasteiger charge is -2.05. The van der Waals surface area contributed by atoms with Crippen molar-refractivity contribution in [3.63, 3.8) is 0 Å². The van der Waals surface area contributed by atoms with Crippen molar-refractivity contribution in [2.75, 3.05) is 0 Å². The van der Waals surface area contributed by atoms with Gasteiger partial charge in [-0.2, -0.15) is 14.9 Å². The Morgan fingerprint density at radius 2 is 1.38 bits per heavy atom. The van der Waals surface area contributed by atoms with E-state index in [-0.39, 0.29) is 17.5 Å². The summed E-state index contributed by atoms with van der Waals surface area (Å²) >= 11 is 0. The highest BCUT2D eigenvalue weighted by Crippen LogP contribution is 2.10. The molecule has 3 heterocycles. The summed E-state index contributed by atoms with van der Waals surface area (Å²) in [5.41, 5.74) is 3.61. The number of pyridine rings is 1. The van der Waals surface area contributed by atoms with Crippen molar-refractivity contribution in [1.82, 2.24) is 24.5 Å². The van der Waals surface area contributed by atoms with Gasteiger partial charge in [0, 0.05) is 17.6 Å². The highest BCUT2D eigenvalue weighted by molar-refractivity contribution is 5.97. The zero-order valence-corrected chi connectivity index (χ0v) is 13.9. The Hall–Kier alpha value is -3.09. The second-order valence-corrected chi connectivity index (χ2v) is 5.72. The predicted octanol–water partition coefficient (Wildman–Crippen LogP) is 2.09. The molecule has 0 saturated heterocycles. The molecule has 3 aromatic rings. The highest BCUT2D eigenvalue weighted by atomic mass is 16.2. The van der Waals surface area contributed by atoms with Crippen LogP contribution in [0.5, 0.6) is 0 Å². The van der Waals surface area contributed by atoms with Crippen LogP contribution in [0.2, 0.25) is 0 Å². The van der Waals surface area contributed by atoms with Crippen LogP contribution in [-0.2, 0) is 0 Å². The monoisotopic (exact) mass is 323 g/mol. The molecule has 0 saturated carbocycles. The van der Waals surface area contributed by atoms with Crippen LogP contribution in [0.25, 0.3) is 0 Å². The zero-order valence-electron chi connectivity index (χ0n) is 13.9. The Bertz CT molecular complexity index is 857. The van der Waals surface area contributed by atoms with Crippen molar-refractivity contribution in [1.29, 1.82) is 0 Å². The fraction of sp³-hybridized carbons (Fsp3) is 0.235. The van der Waals surface area contributed by atoms with Gasteiger partial charge < -0.3 is 0 Å². The molecule has 0 amide bonds. The Kier molecular flexibility index (Phi) is 3.84. The number of aryl methyl sites for hydroxylation is 4. The van der Waals surface area contributed by atoms with Crippen molar-refractivity contribution < 1.29 is 9.59 Å². The lowest BCUT2D eigenvalue weighted by Crippen LogP contribution is -2.19. The minimum Gasteiger partial charge on any atom is -0.267 e. The molecule has 122 valence electrons. The number of nitrogens with zero attached hydrogens (tertiary/aromatic N) is 5. The minimum atomic E-state index is -0.328. The lowest BCUT2D eigenvalue weighted by molar-refractivity contribution is 0.0926. The number of aromatic nitrogens is 5. The van der Waals surface area contributed by atoms with E-state index in [1.807, 2.05) is 32.9 Å². The maximum Gasteiger partial charge on any atom is 0.296 e. The van der Waals surface area contributed by atoms with Crippen molar-refractivity contribution in [3.8, 4) is 0 Å². The fourth-order valence-corrected chi connectivity index (χ4v) is 2.55. The molecule has 0 fully saturated rings. The summed E-state index contributed by atoms with van der Waals surface area (Å²) in [7, 11) is 0. The molecule has 0 atom stereocenters. The molecule has 0 bridgehead atoms. The molecule has 24 heavy (non-hydrogen) atoms. The summed E-state index contributed by atoms with van der Waals surface area (Å²) in [6.45, 7) is 7.26. The van der Waals surface area contributed by atoms with Crippen LogP contribution in [0.15, 0.2) is 30.5 Å². The summed E-state index contributed by atoms with van der Waals surface area (Å²) in [5, 5.41) is 8.32. The fourth-order valence-electron chi connectivity index (χ4n) is 2.55. The molecular formula is C17H17N5O2. The van der Waals surface area contributed by atoms with Crippen LogP contribution in [0.3, 0.4) is 0 Å². The van der Waals surface area contributed by atoms with Crippen LogP contribution in [0, 0.1) is 27.7 Å². The van der Waals surface area contributed by atoms with Crippen LogP contribution < -0.4 is 0 Å².